The fourth-order valence-corrected chi connectivity index (χ4v) is 3.73. The predicted octanol–water partition coefficient (Wildman–Crippen LogP) is 2.71. The second kappa shape index (κ2) is 7.14. The summed E-state index contributed by atoms with van der Waals surface area (Å²) >= 11 is 0. The summed E-state index contributed by atoms with van der Waals surface area (Å²) in [5.41, 5.74) is 0. The highest BCUT2D eigenvalue weighted by molar-refractivity contribution is 5.78. The largest absolute Gasteiger partial charge is 0.481 e. The second-order valence-electron chi connectivity index (χ2n) is 6.65. The number of aliphatic carboxylic acids is 1. The molecule has 0 aromatic heterocycles. The standard InChI is InChI=1S/C16H28N2O3/c1-3-12-4-6-13(7-5-12)10-17-16(21)18-9-8-14(11(18)2)15(19)20/h11-14H,3-10H2,1-2H3,(H,17,21)(H,19,20). The molecule has 1 saturated carbocycles. The highest BCUT2D eigenvalue weighted by Gasteiger charge is 2.38. The maximum absolute atomic E-state index is 12.2. The van der Waals surface area contributed by atoms with E-state index in [0.29, 0.717) is 18.9 Å². The molecule has 2 amide bonds. The molecule has 5 heteroatoms. The number of hydrogen-bond acceptors (Lipinski definition) is 2. The van der Waals surface area contributed by atoms with E-state index in [4.69, 9.17) is 5.11 Å². The second-order valence-corrected chi connectivity index (χ2v) is 6.65. The van der Waals surface area contributed by atoms with E-state index in [0.717, 1.165) is 12.5 Å². The van der Waals surface area contributed by atoms with Gasteiger partial charge < -0.3 is 15.3 Å². The van der Waals surface area contributed by atoms with Crippen LogP contribution in [0.3, 0.4) is 0 Å². The SMILES string of the molecule is CCC1CCC(CNC(=O)N2CCC(C(=O)O)C2C)CC1. The zero-order valence-corrected chi connectivity index (χ0v) is 13.2. The van der Waals surface area contributed by atoms with E-state index in [1.807, 2.05) is 6.92 Å². The van der Waals surface area contributed by atoms with E-state index in [1.165, 1.54) is 32.1 Å². The number of carbonyl (C=O) groups is 2. The van der Waals surface area contributed by atoms with E-state index in [2.05, 4.69) is 12.2 Å². The van der Waals surface area contributed by atoms with E-state index < -0.39 is 11.9 Å². The Morgan fingerprint density at radius 1 is 1.14 bits per heavy atom. The van der Waals surface area contributed by atoms with Crippen molar-refractivity contribution in [1.82, 2.24) is 10.2 Å². The average Bonchev–Trinajstić information content (AvgIpc) is 2.87. The summed E-state index contributed by atoms with van der Waals surface area (Å²) in [6, 6.07) is -0.304. The fourth-order valence-electron chi connectivity index (χ4n) is 3.73. The number of hydrogen-bond donors (Lipinski definition) is 2. The van der Waals surface area contributed by atoms with Crippen LogP contribution in [0.5, 0.6) is 0 Å². The molecule has 1 aliphatic carbocycles. The minimum Gasteiger partial charge on any atom is -0.481 e. The van der Waals surface area contributed by atoms with Gasteiger partial charge in [0.05, 0.1) is 5.92 Å². The van der Waals surface area contributed by atoms with Gasteiger partial charge in [0, 0.05) is 19.1 Å². The third-order valence-corrected chi connectivity index (χ3v) is 5.42. The van der Waals surface area contributed by atoms with Gasteiger partial charge in [-0.2, -0.15) is 0 Å². The lowest BCUT2D eigenvalue weighted by atomic mass is 9.81. The fraction of sp³-hybridized carbons (Fsp3) is 0.875. The minimum atomic E-state index is -0.796. The van der Waals surface area contributed by atoms with E-state index >= 15 is 0 Å². The lowest BCUT2D eigenvalue weighted by molar-refractivity contribution is -0.142. The number of likely N-dealkylation sites (tertiary alicyclic amines) is 1. The van der Waals surface area contributed by atoms with Gasteiger partial charge in [-0.25, -0.2) is 4.79 Å². The molecular weight excluding hydrogens is 268 g/mol. The summed E-state index contributed by atoms with van der Waals surface area (Å²) in [4.78, 5) is 25.0. The monoisotopic (exact) mass is 296 g/mol. The Hall–Kier alpha value is -1.26. The summed E-state index contributed by atoms with van der Waals surface area (Å²) in [5, 5.41) is 12.1. The van der Waals surface area contributed by atoms with Crippen LogP contribution in [0.15, 0.2) is 0 Å². The first kappa shape index (κ1) is 16.1. The van der Waals surface area contributed by atoms with Crippen molar-refractivity contribution < 1.29 is 14.7 Å². The van der Waals surface area contributed by atoms with Crippen LogP contribution < -0.4 is 5.32 Å². The van der Waals surface area contributed by atoms with E-state index in [-0.39, 0.29) is 12.1 Å². The maximum Gasteiger partial charge on any atom is 0.317 e. The molecule has 2 N–H and O–H groups in total. The number of carboxylic acid groups (broad SMARTS) is 1. The third kappa shape index (κ3) is 3.89. The van der Waals surface area contributed by atoms with Gasteiger partial charge in [-0.15, -0.1) is 0 Å². The third-order valence-electron chi connectivity index (χ3n) is 5.42. The molecular formula is C16H28N2O3. The first-order valence-electron chi connectivity index (χ1n) is 8.30. The molecule has 2 unspecified atom stereocenters. The van der Waals surface area contributed by atoms with Gasteiger partial charge >= 0.3 is 12.0 Å². The van der Waals surface area contributed by atoms with Crippen LogP contribution in [0.25, 0.3) is 0 Å². The van der Waals surface area contributed by atoms with Gasteiger partial charge in [-0.3, -0.25) is 4.79 Å². The molecule has 120 valence electrons. The summed E-state index contributed by atoms with van der Waals surface area (Å²) < 4.78 is 0. The highest BCUT2D eigenvalue weighted by atomic mass is 16.4. The van der Waals surface area contributed by atoms with Crippen molar-refractivity contribution in [2.75, 3.05) is 13.1 Å². The van der Waals surface area contributed by atoms with Crippen LogP contribution in [0.2, 0.25) is 0 Å². The number of amides is 2. The molecule has 0 aromatic carbocycles. The van der Waals surface area contributed by atoms with Gasteiger partial charge in [0.25, 0.3) is 0 Å². The smallest absolute Gasteiger partial charge is 0.317 e. The number of carboxylic acids is 1. The number of rotatable bonds is 4. The summed E-state index contributed by atoms with van der Waals surface area (Å²) in [6.45, 7) is 5.36. The van der Waals surface area contributed by atoms with Gasteiger partial charge in [0.2, 0.25) is 0 Å². The minimum absolute atomic E-state index is 0.0936. The van der Waals surface area contributed by atoms with Crippen molar-refractivity contribution >= 4 is 12.0 Å². The first-order valence-corrected chi connectivity index (χ1v) is 8.30. The van der Waals surface area contributed by atoms with Gasteiger partial charge in [0.1, 0.15) is 0 Å². The van der Waals surface area contributed by atoms with Crippen LogP contribution >= 0.6 is 0 Å². The van der Waals surface area contributed by atoms with Crippen LogP contribution in [-0.2, 0) is 4.79 Å². The molecule has 5 nitrogen and oxygen atoms in total. The van der Waals surface area contributed by atoms with Crippen molar-refractivity contribution in [2.45, 2.75) is 58.4 Å². The quantitative estimate of drug-likeness (QED) is 0.838. The molecule has 0 aromatic rings. The van der Waals surface area contributed by atoms with Crippen LogP contribution in [0.1, 0.15) is 52.4 Å². The Balaban J connectivity index is 1.74. The van der Waals surface area contributed by atoms with Crippen LogP contribution in [0.4, 0.5) is 4.79 Å². The van der Waals surface area contributed by atoms with Crippen molar-refractivity contribution in [1.29, 1.82) is 0 Å². The van der Waals surface area contributed by atoms with Gasteiger partial charge in [-0.1, -0.05) is 26.2 Å². The summed E-state index contributed by atoms with van der Waals surface area (Å²) in [6.07, 6.45) is 6.78. The molecule has 1 saturated heterocycles. The van der Waals surface area contributed by atoms with E-state index in [9.17, 15) is 9.59 Å². The molecule has 0 bridgehead atoms. The molecule has 2 rings (SSSR count). The number of nitrogens with zero attached hydrogens (tertiary/aromatic N) is 1. The summed E-state index contributed by atoms with van der Waals surface area (Å²) in [5.74, 6) is 0.239. The normalized spacial score (nSPS) is 33.0. The molecule has 21 heavy (non-hydrogen) atoms. The Morgan fingerprint density at radius 2 is 1.76 bits per heavy atom. The summed E-state index contributed by atoms with van der Waals surface area (Å²) in [7, 11) is 0. The van der Waals surface area contributed by atoms with Crippen molar-refractivity contribution in [3.63, 3.8) is 0 Å². The Morgan fingerprint density at radius 3 is 2.29 bits per heavy atom. The Bertz CT molecular complexity index is 378. The number of carbonyl (C=O) groups excluding carboxylic acids is 1. The predicted molar refractivity (Wildman–Crippen MR) is 81.0 cm³/mol. The molecule has 0 spiro atoms. The molecule has 0 radical (unpaired) electrons. The molecule has 2 aliphatic rings. The number of nitrogens with one attached hydrogen (secondary N) is 1. The molecule has 1 aliphatic heterocycles. The zero-order valence-electron chi connectivity index (χ0n) is 13.2. The van der Waals surface area contributed by atoms with Crippen molar-refractivity contribution in [3.05, 3.63) is 0 Å². The maximum atomic E-state index is 12.2. The number of urea groups is 1. The van der Waals surface area contributed by atoms with E-state index in [1.54, 1.807) is 4.90 Å². The lowest BCUT2D eigenvalue weighted by Crippen LogP contribution is -2.45. The molecule has 2 atom stereocenters. The average molecular weight is 296 g/mol. The topological polar surface area (TPSA) is 69.6 Å². The molecule has 1 heterocycles. The van der Waals surface area contributed by atoms with Crippen molar-refractivity contribution in [3.8, 4) is 0 Å². The van der Waals surface area contributed by atoms with Crippen LogP contribution in [-0.4, -0.2) is 41.1 Å². The van der Waals surface area contributed by atoms with Gasteiger partial charge in [0.15, 0.2) is 0 Å². The highest BCUT2D eigenvalue weighted by Crippen LogP contribution is 2.30. The Labute approximate surface area is 127 Å². The zero-order chi connectivity index (χ0) is 15.4. The van der Waals surface area contributed by atoms with Crippen LogP contribution in [0, 0.1) is 17.8 Å². The first-order chi connectivity index (χ1) is 10.0. The van der Waals surface area contributed by atoms with Gasteiger partial charge in [-0.05, 0) is 38.0 Å². The molecule has 2 fully saturated rings. The lowest BCUT2D eigenvalue weighted by Gasteiger charge is -2.29. The Kier molecular flexibility index (Phi) is 5.48. The van der Waals surface area contributed by atoms with Crippen molar-refractivity contribution in [2.24, 2.45) is 17.8 Å².